The number of aryl methyl sites for hydroxylation is 1. The van der Waals surface area contributed by atoms with E-state index in [4.69, 9.17) is 10.5 Å². The van der Waals surface area contributed by atoms with Crippen LogP contribution < -0.4 is 15.8 Å². The average Bonchev–Trinajstić information content (AvgIpc) is 2.32. The third-order valence-electron chi connectivity index (χ3n) is 3.23. The van der Waals surface area contributed by atoms with Crippen molar-refractivity contribution in [2.45, 2.75) is 51.6 Å². The van der Waals surface area contributed by atoms with E-state index in [2.05, 4.69) is 15.3 Å². The van der Waals surface area contributed by atoms with Gasteiger partial charge in [0.15, 0.2) is 0 Å². The molecule has 1 aliphatic carbocycles. The Labute approximate surface area is 108 Å². The minimum atomic E-state index is 0.362. The molecular formula is C13H22N4O. The number of aromatic nitrogens is 2. The van der Waals surface area contributed by atoms with E-state index < -0.39 is 0 Å². The van der Waals surface area contributed by atoms with E-state index in [9.17, 15) is 0 Å². The van der Waals surface area contributed by atoms with Crippen molar-refractivity contribution >= 4 is 5.95 Å². The summed E-state index contributed by atoms with van der Waals surface area (Å²) in [7, 11) is 0. The maximum atomic E-state index is 5.90. The van der Waals surface area contributed by atoms with Crippen LogP contribution >= 0.6 is 0 Å². The Kier molecular flexibility index (Phi) is 4.36. The monoisotopic (exact) mass is 250 g/mol. The van der Waals surface area contributed by atoms with Gasteiger partial charge in [0.05, 0.1) is 6.61 Å². The maximum absolute atomic E-state index is 5.90. The van der Waals surface area contributed by atoms with Gasteiger partial charge < -0.3 is 15.8 Å². The lowest BCUT2D eigenvalue weighted by atomic mass is 9.92. The van der Waals surface area contributed by atoms with E-state index in [1.807, 2.05) is 19.9 Å². The molecule has 5 heteroatoms. The lowest BCUT2D eigenvalue weighted by Crippen LogP contribution is -2.33. The van der Waals surface area contributed by atoms with E-state index in [0.717, 1.165) is 31.4 Å². The first-order chi connectivity index (χ1) is 8.67. The van der Waals surface area contributed by atoms with Crippen LogP contribution in [0, 0.1) is 6.92 Å². The van der Waals surface area contributed by atoms with Gasteiger partial charge in [-0.05, 0) is 39.5 Å². The van der Waals surface area contributed by atoms with Crippen LogP contribution in [0.1, 0.15) is 38.3 Å². The molecule has 2 rings (SSSR count). The Hall–Kier alpha value is -1.36. The van der Waals surface area contributed by atoms with Gasteiger partial charge in [-0.2, -0.15) is 4.98 Å². The molecule has 0 bridgehead atoms. The van der Waals surface area contributed by atoms with Crippen LogP contribution in [0.2, 0.25) is 0 Å². The number of rotatable bonds is 4. The first-order valence-corrected chi connectivity index (χ1v) is 6.68. The van der Waals surface area contributed by atoms with Gasteiger partial charge in [-0.15, -0.1) is 0 Å². The van der Waals surface area contributed by atoms with Crippen LogP contribution in [0.3, 0.4) is 0 Å². The fourth-order valence-electron chi connectivity index (χ4n) is 2.27. The van der Waals surface area contributed by atoms with Gasteiger partial charge in [-0.1, -0.05) is 0 Å². The van der Waals surface area contributed by atoms with Crippen LogP contribution in [0.15, 0.2) is 6.07 Å². The molecule has 18 heavy (non-hydrogen) atoms. The highest BCUT2D eigenvalue weighted by molar-refractivity contribution is 5.31. The second-order valence-electron chi connectivity index (χ2n) is 4.86. The summed E-state index contributed by atoms with van der Waals surface area (Å²) in [6, 6.07) is 2.65. The summed E-state index contributed by atoms with van der Waals surface area (Å²) in [6.45, 7) is 4.52. The summed E-state index contributed by atoms with van der Waals surface area (Å²) >= 11 is 0. The summed E-state index contributed by atoms with van der Waals surface area (Å²) in [5.74, 6) is 1.30. The lowest BCUT2D eigenvalue weighted by molar-refractivity contribution is 0.326. The first kappa shape index (κ1) is 13.1. The van der Waals surface area contributed by atoms with E-state index >= 15 is 0 Å². The number of hydrogen-bond acceptors (Lipinski definition) is 5. The fourth-order valence-corrected chi connectivity index (χ4v) is 2.27. The minimum Gasteiger partial charge on any atom is -0.478 e. The van der Waals surface area contributed by atoms with Crippen molar-refractivity contribution < 1.29 is 4.74 Å². The van der Waals surface area contributed by atoms with Gasteiger partial charge >= 0.3 is 0 Å². The van der Waals surface area contributed by atoms with Crippen molar-refractivity contribution in [3.8, 4) is 5.88 Å². The van der Waals surface area contributed by atoms with Crippen molar-refractivity contribution in [3.05, 3.63) is 11.8 Å². The molecule has 100 valence electrons. The van der Waals surface area contributed by atoms with E-state index in [1.54, 1.807) is 0 Å². The molecular weight excluding hydrogens is 228 g/mol. The lowest BCUT2D eigenvalue weighted by Gasteiger charge is -2.26. The number of nitrogens with two attached hydrogens (primary N) is 1. The molecule has 1 heterocycles. The molecule has 1 aromatic rings. The van der Waals surface area contributed by atoms with Gasteiger partial charge in [-0.3, -0.25) is 0 Å². The average molecular weight is 250 g/mol. The van der Waals surface area contributed by atoms with Crippen molar-refractivity contribution in [1.29, 1.82) is 0 Å². The molecule has 1 aliphatic rings. The number of anilines is 1. The maximum Gasteiger partial charge on any atom is 0.226 e. The quantitative estimate of drug-likeness (QED) is 0.853. The zero-order valence-corrected chi connectivity index (χ0v) is 11.1. The highest BCUT2D eigenvalue weighted by Crippen LogP contribution is 2.21. The third kappa shape index (κ3) is 3.57. The van der Waals surface area contributed by atoms with Crippen LogP contribution in [0.4, 0.5) is 5.95 Å². The number of ether oxygens (including phenoxy) is 1. The predicted molar refractivity (Wildman–Crippen MR) is 71.8 cm³/mol. The van der Waals surface area contributed by atoms with Gasteiger partial charge in [0.1, 0.15) is 0 Å². The van der Waals surface area contributed by atoms with Crippen LogP contribution in [-0.4, -0.2) is 28.7 Å². The van der Waals surface area contributed by atoms with Gasteiger partial charge in [-0.25, -0.2) is 4.98 Å². The number of nitrogens with zero attached hydrogens (tertiary/aromatic N) is 2. The highest BCUT2D eigenvalue weighted by Gasteiger charge is 2.19. The summed E-state index contributed by atoms with van der Waals surface area (Å²) in [4.78, 5) is 8.76. The molecule has 5 nitrogen and oxygen atoms in total. The smallest absolute Gasteiger partial charge is 0.226 e. The molecule has 0 amide bonds. The zero-order chi connectivity index (χ0) is 13.0. The molecule has 0 saturated heterocycles. The van der Waals surface area contributed by atoms with Gasteiger partial charge in [0, 0.05) is 23.8 Å². The van der Waals surface area contributed by atoms with Crippen molar-refractivity contribution in [2.75, 3.05) is 11.9 Å². The van der Waals surface area contributed by atoms with Crippen LogP contribution in [0.25, 0.3) is 0 Å². The number of nitrogens with one attached hydrogen (secondary N) is 1. The normalized spacial score (nSPS) is 23.7. The molecule has 0 radical (unpaired) electrons. The van der Waals surface area contributed by atoms with Crippen LogP contribution in [0.5, 0.6) is 5.88 Å². The Morgan fingerprint density at radius 2 is 2.06 bits per heavy atom. The van der Waals surface area contributed by atoms with Crippen molar-refractivity contribution in [3.63, 3.8) is 0 Å². The molecule has 1 saturated carbocycles. The molecule has 0 unspecified atom stereocenters. The van der Waals surface area contributed by atoms with Gasteiger partial charge in [0.2, 0.25) is 11.8 Å². The van der Waals surface area contributed by atoms with E-state index in [1.165, 1.54) is 0 Å². The molecule has 0 aromatic carbocycles. The second kappa shape index (κ2) is 6.00. The topological polar surface area (TPSA) is 73.1 Å². The Morgan fingerprint density at radius 1 is 1.33 bits per heavy atom. The molecule has 0 spiro atoms. The fraction of sp³-hybridized carbons (Fsp3) is 0.692. The van der Waals surface area contributed by atoms with Crippen molar-refractivity contribution in [1.82, 2.24) is 9.97 Å². The third-order valence-corrected chi connectivity index (χ3v) is 3.23. The molecule has 1 aromatic heterocycles. The Balaban J connectivity index is 2.00. The van der Waals surface area contributed by atoms with E-state index in [-0.39, 0.29) is 0 Å². The van der Waals surface area contributed by atoms with Crippen molar-refractivity contribution in [2.24, 2.45) is 5.73 Å². The molecule has 3 N–H and O–H groups in total. The molecule has 0 atom stereocenters. The summed E-state index contributed by atoms with van der Waals surface area (Å²) < 4.78 is 5.42. The minimum absolute atomic E-state index is 0.362. The van der Waals surface area contributed by atoms with Crippen LogP contribution in [-0.2, 0) is 0 Å². The highest BCUT2D eigenvalue weighted by atomic mass is 16.5. The predicted octanol–water partition coefficient (Wildman–Crippen LogP) is 1.87. The molecule has 0 aliphatic heterocycles. The first-order valence-electron chi connectivity index (χ1n) is 6.68. The SMILES string of the molecule is CCOc1cc(C)nc(NC2CCC(N)CC2)n1. The summed E-state index contributed by atoms with van der Waals surface area (Å²) in [5, 5.41) is 3.38. The summed E-state index contributed by atoms with van der Waals surface area (Å²) in [6.07, 6.45) is 4.31. The Bertz CT molecular complexity index is 389. The second-order valence-corrected chi connectivity index (χ2v) is 4.86. The zero-order valence-electron chi connectivity index (χ0n) is 11.1. The molecule has 1 fully saturated rings. The number of hydrogen-bond donors (Lipinski definition) is 2. The Morgan fingerprint density at radius 3 is 2.72 bits per heavy atom. The summed E-state index contributed by atoms with van der Waals surface area (Å²) in [5.41, 5.74) is 6.82. The van der Waals surface area contributed by atoms with E-state index in [0.29, 0.717) is 30.5 Å². The largest absolute Gasteiger partial charge is 0.478 e. The van der Waals surface area contributed by atoms with Gasteiger partial charge in [0.25, 0.3) is 0 Å². The standard InChI is InChI=1S/C13H22N4O/c1-3-18-12-8-9(2)15-13(17-12)16-11-6-4-10(14)5-7-11/h8,10-11H,3-7,14H2,1-2H3,(H,15,16,17).